The quantitative estimate of drug-likeness (QED) is 0.677. The Hall–Kier alpha value is -1.15. The molecule has 1 unspecified atom stereocenters. The highest BCUT2D eigenvalue weighted by atomic mass is 16.3. The number of rotatable bonds is 3. The Balaban J connectivity index is 2.59. The lowest BCUT2D eigenvalue weighted by atomic mass is 10.1. The van der Waals surface area contributed by atoms with Crippen LogP contribution in [0.2, 0.25) is 0 Å². The van der Waals surface area contributed by atoms with E-state index in [-0.39, 0.29) is 0 Å². The van der Waals surface area contributed by atoms with Gasteiger partial charge in [0, 0.05) is 19.7 Å². The Kier molecular flexibility index (Phi) is 3.48. The topological polar surface area (TPSA) is 32.6 Å². The maximum Gasteiger partial charge on any atom is 0.0839 e. The van der Waals surface area contributed by atoms with Crippen molar-refractivity contribution in [2.75, 3.05) is 7.05 Å². The largest absolute Gasteiger partial charge is 0.388 e. The van der Waals surface area contributed by atoms with Gasteiger partial charge in [-0.05, 0) is 5.56 Å². The van der Waals surface area contributed by atoms with Crippen LogP contribution in [-0.4, -0.2) is 18.4 Å². The van der Waals surface area contributed by atoms with Gasteiger partial charge in [0.15, 0.2) is 0 Å². The Labute approximate surface area is 72.6 Å². The predicted molar refractivity (Wildman–Crippen MR) is 50.4 cm³/mol. The summed E-state index contributed by atoms with van der Waals surface area (Å²) >= 11 is 0. The van der Waals surface area contributed by atoms with Gasteiger partial charge in [0.25, 0.3) is 0 Å². The summed E-state index contributed by atoms with van der Waals surface area (Å²) in [4.78, 5) is 3.82. The van der Waals surface area contributed by atoms with Crippen molar-refractivity contribution in [2.45, 2.75) is 12.5 Å². The first-order chi connectivity index (χ1) is 5.84. The molecule has 2 heteroatoms. The van der Waals surface area contributed by atoms with E-state index in [2.05, 4.69) is 4.99 Å². The van der Waals surface area contributed by atoms with Crippen LogP contribution in [0.1, 0.15) is 18.1 Å². The molecule has 64 valence electrons. The van der Waals surface area contributed by atoms with Crippen molar-refractivity contribution in [1.82, 2.24) is 0 Å². The highest BCUT2D eigenvalue weighted by molar-refractivity contribution is 5.58. The molecule has 1 rings (SSSR count). The van der Waals surface area contributed by atoms with E-state index < -0.39 is 6.10 Å². The summed E-state index contributed by atoms with van der Waals surface area (Å²) in [7, 11) is 1.71. The van der Waals surface area contributed by atoms with Crippen LogP contribution in [0.25, 0.3) is 0 Å². The number of hydrogen-bond acceptors (Lipinski definition) is 2. The van der Waals surface area contributed by atoms with Gasteiger partial charge >= 0.3 is 0 Å². The van der Waals surface area contributed by atoms with E-state index in [0.29, 0.717) is 6.42 Å². The summed E-state index contributed by atoms with van der Waals surface area (Å²) in [5.74, 6) is 0. The van der Waals surface area contributed by atoms with Gasteiger partial charge in [-0.25, -0.2) is 0 Å². The normalized spacial score (nSPS) is 13.5. The van der Waals surface area contributed by atoms with Crippen LogP contribution in [0.3, 0.4) is 0 Å². The second kappa shape index (κ2) is 4.67. The molecule has 1 atom stereocenters. The maximum atomic E-state index is 9.56. The fraction of sp³-hybridized carbons (Fsp3) is 0.300. The van der Waals surface area contributed by atoms with Gasteiger partial charge in [0.05, 0.1) is 6.10 Å². The van der Waals surface area contributed by atoms with E-state index in [9.17, 15) is 5.11 Å². The SMILES string of the molecule is C/N=C/CC(O)c1ccccc1. The molecule has 0 heterocycles. The smallest absolute Gasteiger partial charge is 0.0839 e. The fourth-order valence-electron chi connectivity index (χ4n) is 1.02. The van der Waals surface area contributed by atoms with Gasteiger partial charge in [0.2, 0.25) is 0 Å². The van der Waals surface area contributed by atoms with Crippen molar-refractivity contribution in [1.29, 1.82) is 0 Å². The molecule has 0 fully saturated rings. The number of benzene rings is 1. The lowest BCUT2D eigenvalue weighted by Crippen LogP contribution is -1.96. The third kappa shape index (κ3) is 2.47. The van der Waals surface area contributed by atoms with Crippen LogP contribution in [0.5, 0.6) is 0 Å². The highest BCUT2D eigenvalue weighted by Gasteiger charge is 2.03. The molecular formula is C10H13NO. The monoisotopic (exact) mass is 163 g/mol. The molecule has 1 aromatic rings. The van der Waals surface area contributed by atoms with Gasteiger partial charge in [0.1, 0.15) is 0 Å². The van der Waals surface area contributed by atoms with Gasteiger partial charge in [-0.3, -0.25) is 0 Å². The van der Waals surface area contributed by atoms with E-state index in [1.807, 2.05) is 30.3 Å². The standard InChI is InChI=1S/C10H13NO/c1-11-8-7-10(12)9-5-3-2-4-6-9/h2-6,8,10,12H,7H2,1H3/b11-8+. The lowest BCUT2D eigenvalue weighted by molar-refractivity contribution is 0.187. The zero-order valence-electron chi connectivity index (χ0n) is 7.14. The number of aliphatic imine (C=N–C) groups is 1. The zero-order chi connectivity index (χ0) is 8.81. The minimum absolute atomic E-state index is 0.421. The molecular weight excluding hydrogens is 150 g/mol. The molecule has 0 amide bonds. The van der Waals surface area contributed by atoms with Crippen LogP contribution in [-0.2, 0) is 0 Å². The first-order valence-corrected chi connectivity index (χ1v) is 3.98. The highest BCUT2D eigenvalue weighted by Crippen LogP contribution is 2.13. The van der Waals surface area contributed by atoms with Crippen molar-refractivity contribution in [3.63, 3.8) is 0 Å². The molecule has 1 N–H and O–H groups in total. The van der Waals surface area contributed by atoms with Crippen LogP contribution in [0.15, 0.2) is 35.3 Å². The molecule has 0 radical (unpaired) electrons. The molecule has 1 aromatic carbocycles. The second-order valence-corrected chi connectivity index (χ2v) is 2.60. The number of aliphatic hydroxyl groups excluding tert-OH is 1. The molecule has 0 aliphatic heterocycles. The first kappa shape index (κ1) is 8.94. The third-order valence-corrected chi connectivity index (χ3v) is 1.70. The first-order valence-electron chi connectivity index (χ1n) is 3.98. The summed E-state index contributed by atoms with van der Waals surface area (Å²) in [5, 5.41) is 9.56. The number of aliphatic hydroxyl groups is 1. The van der Waals surface area contributed by atoms with E-state index in [1.54, 1.807) is 13.3 Å². The molecule has 0 saturated heterocycles. The van der Waals surface area contributed by atoms with Crippen LogP contribution < -0.4 is 0 Å². The second-order valence-electron chi connectivity index (χ2n) is 2.60. The molecule has 0 aromatic heterocycles. The molecule has 0 spiro atoms. The Morgan fingerprint density at radius 3 is 2.67 bits per heavy atom. The van der Waals surface area contributed by atoms with Crippen molar-refractivity contribution in [3.8, 4) is 0 Å². The maximum absolute atomic E-state index is 9.56. The summed E-state index contributed by atoms with van der Waals surface area (Å²) in [6.45, 7) is 0. The van der Waals surface area contributed by atoms with Crippen molar-refractivity contribution in [2.24, 2.45) is 4.99 Å². The van der Waals surface area contributed by atoms with Gasteiger partial charge in [-0.15, -0.1) is 0 Å². The number of hydrogen-bond donors (Lipinski definition) is 1. The van der Waals surface area contributed by atoms with E-state index in [0.717, 1.165) is 5.56 Å². The van der Waals surface area contributed by atoms with E-state index >= 15 is 0 Å². The Morgan fingerprint density at radius 1 is 1.42 bits per heavy atom. The minimum Gasteiger partial charge on any atom is -0.388 e. The summed E-state index contributed by atoms with van der Waals surface area (Å²) in [6, 6.07) is 9.59. The molecule has 12 heavy (non-hydrogen) atoms. The average molecular weight is 163 g/mol. The van der Waals surface area contributed by atoms with Gasteiger partial charge in [-0.1, -0.05) is 30.3 Å². The summed E-state index contributed by atoms with van der Waals surface area (Å²) in [6.07, 6.45) is 1.88. The molecule has 2 nitrogen and oxygen atoms in total. The molecule has 0 saturated carbocycles. The number of nitrogens with zero attached hydrogens (tertiary/aromatic N) is 1. The van der Waals surface area contributed by atoms with Crippen molar-refractivity contribution < 1.29 is 5.11 Å². The average Bonchev–Trinajstić information content (AvgIpc) is 2.15. The molecule has 0 bridgehead atoms. The Bertz CT molecular complexity index is 243. The van der Waals surface area contributed by atoms with E-state index in [1.165, 1.54) is 0 Å². The fourth-order valence-corrected chi connectivity index (χ4v) is 1.02. The van der Waals surface area contributed by atoms with Crippen molar-refractivity contribution >= 4 is 6.21 Å². The van der Waals surface area contributed by atoms with Crippen LogP contribution in [0.4, 0.5) is 0 Å². The van der Waals surface area contributed by atoms with Crippen LogP contribution in [0, 0.1) is 0 Å². The third-order valence-electron chi connectivity index (χ3n) is 1.70. The lowest BCUT2D eigenvalue weighted by Gasteiger charge is -2.06. The molecule has 0 aliphatic carbocycles. The van der Waals surface area contributed by atoms with Crippen LogP contribution >= 0.6 is 0 Å². The molecule has 0 aliphatic rings. The summed E-state index contributed by atoms with van der Waals surface area (Å²) < 4.78 is 0. The summed E-state index contributed by atoms with van der Waals surface area (Å²) in [5.41, 5.74) is 0.942. The van der Waals surface area contributed by atoms with Gasteiger partial charge in [-0.2, -0.15) is 0 Å². The minimum atomic E-state index is -0.421. The Morgan fingerprint density at radius 2 is 2.08 bits per heavy atom. The van der Waals surface area contributed by atoms with Crippen molar-refractivity contribution in [3.05, 3.63) is 35.9 Å². The zero-order valence-corrected chi connectivity index (χ0v) is 7.14. The van der Waals surface area contributed by atoms with E-state index in [4.69, 9.17) is 0 Å². The van der Waals surface area contributed by atoms with Gasteiger partial charge < -0.3 is 10.1 Å². The predicted octanol–water partition coefficient (Wildman–Crippen LogP) is 1.81.